The third kappa shape index (κ3) is 6.39. The number of piperidine rings is 1. The van der Waals surface area contributed by atoms with Crippen LogP contribution < -0.4 is 4.74 Å². The Balaban J connectivity index is 1.36. The molecule has 1 aliphatic rings. The molecule has 2 N–H and O–H groups in total. The number of pyridine rings is 1. The molecule has 3 aromatic rings. The van der Waals surface area contributed by atoms with Gasteiger partial charge in [-0.05, 0) is 56.0 Å². The molecule has 11 heteroatoms. The van der Waals surface area contributed by atoms with Crippen LogP contribution >= 0.6 is 11.8 Å². The van der Waals surface area contributed by atoms with Crippen molar-refractivity contribution in [1.29, 1.82) is 0 Å². The van der Waals surface area contributed by atoms with Gasteiger partial charge in [0.2, 0.25) is 0 Å². The number of likely N-dealkylation sites (tertiary alicyclic amines) is 1. The predicted octanol–water partition coefficient (Wildman–Crippen LogP) is 5.43. The zero-order valence-corrected chi connectivity index (χ0v) is 21.5. The number of methoxy groups -OCH3 is 1. The number of aliphatic carboxylic acids is 1. The number of carbonyl (C=O) groups is 1. The molecule has 1 aliphatic heterocycles. The van der Waals surface area contributed by atoms with E-state index in [0.717, 1.165) is 24.0 Å². The summed E-state index contributed by atoms with van der Waals surface area (Å²) in [6, 6.07) is 6.41. The highest BCUT2D eigenvalue weighted by Gasteiger charge is 2.34. The van der Waals surface area contributed by atoms with E-state index in [0.29, 0.717) is 54.4 Å². The molecule has 0 radical (unpaired) electrons. The number of aromatic nitrogens is 1. The normalized spacial score (nSPS) is 19.0. The SMILES string of the molecule is COc1ccc2ncc(F)c([C@H](O)CCC3CCN(CCSc4cc(F)cc(F)c4F)CC3C(=O)O)c2c1. The third-order valence-corrected chi connectivity index (χ3v) is 7.99. The third-order valence-electron chi connectivity index (χ3n) is 6.99. The lowest BCUT2D eigenvalue weighted by Crippen LogP contribution is -2.44. The van der Waals surface area contributed by atoms with Crippen molar-refractivity contribution in [2.24, 2.45) is 11.8 Å². The Labute approximate surface area is 221 Å². The lowest BCUT2D eigenvalue weighted by Gasteiger charge is -2.37. The van der Waals surface area contributed by atoms with E-state index in [1.165, 1.54) is 7.11 Å². The van der Waals surface area contributed by atoms with Crippen molar-refractivity contribution >= 4 is 28.6 Å². The van der Waals surface area contributed by atoms with E-state index in [9.17, 15) is 32.6 Å². The number of ether oxygens (including phenoxy) is 1. The van der Waals surface area contributed by atoms with Crippen LogP contribution in [-0.4, -0.2) is 58.6 Å². The van der Waals surface area contributed by atoms with E-state index in [-0.39, 0.29) is 29.3 Å². The highest BCUT2D eigenvalue weighted by atomic mass is 32.2. The maximum atomic E-state index is 14.7. The Morgan fingerprint density at radius 3 is 2.74 bits per heavy atom. The second kappa shape index (κ2) is 12.3. The smallest absolute Gasteiger partial charge is 0.308 e. The standard InChI is InChI=1S/C27H28F4N2O4S/c1-37-17-3-4-22-18(12-17)25(21(30)13-32-22)23(34)5-2-15-6-7-33(14-19(15)27(35)36)8-9-38-24-11-16(28)10-20(29)26(24)31/h3-4,10-13,15,19,23,34H,2,5-9,14H2,1H3,(H,35,36)/t15?,19?,23-/m1/s1. The molecule has 4 rings (SSSR count). The van der Waals surface area contributed by atoms with Crippen LogP contribution in [0.2, 0.25) is 0 Å². The van der Waals surface area contributed by atoms with E-state index >= 15 is 0 Å². The number of nitrogens with zero attached hydrogens (tertiary/aromatic N) is 2. The van der Waals surface area contributed by atoms with E-state index < -0.39 is 41.3 Å². The fraction of sp³-hybridized carbons (Fsp3) is 0.407. The summed E-state index contributed by atoms with van der Waals surface area (Å²) in [4.78, 5) is 17.9. The summed E-state index contributed by atoms with van der Waals surface area (Å²) in [5, 5.41) is 21.2. The van der Waals surface area contributed by atoms with Gasteiger partial charge in [-0.25, -0.2) is 17.6 Å². The van der Waals surface area contributed by atoms with Gasteiger partial charge in [-0.3, -0.25) is 9.78 Å². The van der Waals surface area contributed by atoms with Crippen LogP contribution in [-0.2, 0) is 4.79 Å². The van der Waals surface area contributed by atoms with Crippen molar-refractivity contribution in [2.75, 3.05) is 32.5 Å². The monoisotopic (exact) mass is 552 g/mol. The molecular weight excluding hydrogens is 524 g/mol. The minimum absolute atomic E-state index is 0.108. The highest BCUT2D eigenvalue weighted by molar-refractivity contribution is 7.99. The number of halogens is 4. The Morgan fingerprint density at radius 2 is 2.00 bits per heavy atom. The Hall–Kier alpha value is -2.89. The lowest BCUT2D eigenvalue weighted by atomic mass is 9.81. The first-order valence-corrected chi connectivity index (χ1v) is 13.2. The average Bonchev–Trinajstić information content (AvgIpc) is 2.89. The quantitative estimate of drug-likeness (QED) is 0.197. The minimum atomic E-state index is -1.25. The molecule has 0 amide bonds. The fourth-order valence-electron chi connectivity index (χ4n) is 4.97. The molecule has 1 fully saturated rings. The Bertz CT molecular complexity index is 1310. The molecule has 2 heterocycles. The van der Waals surface area contributed by atoms with Gasteiger partial charge in [0.15, 0.2) is 11.6 Å². The number of benzene rings is 2. The summed E-state index contributed by atoms with van der Waals surface area (Å²) < 4.78 is 60.6. The zero-order chi connectivity index (χ0) is 27.4. The molecular formula is C27H28F4N2O4S. The first-order chi connectivity index (χ1) is 18.2. The molecule has 0 spiro atoms. The first kappa shape index (κ1) is 28.1. The van der Waals surface area contributed by atoms with Crippen molar-refractivity contribution in [3.05, 3.63) is 65.4 Å². The number of fused-ring (bicyclic) bond motifs is 1. The van der Waals surface area contributed by atoms with Gasteiger partial charge in [-0.2, -0.15) is 0 Å². The number of carboxylic acid groups (broad SMARTS) is 1. The van der Waals surface area contributed by atoms with Gasteiger partial charge in [0, 0.05) is 40.8 Å². The van der Waals surface area contributed by atoms with Gasteiger partial charge in [0.05, 0.1) is 30.8 Å². The maximum Gasteiger partial charge on any atom is 0.308 e. The van der Waals surface area contributed by atoms with Crippen molar-refractivity contribution < 1.29 is 37.3 Å². The summed E-state index contributed by atoms with van der Waals surface area (Å²) in [6.07, 6.45) is 1.00. The molecule has 0 bridgehead atoms. The van der Waals surface area contributed by atoms with Crippen LogP contribution in [0, 0.1) is 35.1 Å². The fourth-order valence-corrected chi connectivity index (χ4v) is 5.96. The first-order valence-electron chi connectivity index (χ1n) is 12.2. The van der Waals surface area contributed by atoms with Crippen LogP contribution in [0.4, 0.5) is 17.6 Å². The van der Waals surface area contributed by atoms with Crippen molar-refractivity contribution in [3.8, 4) is 5.75 Å². The number of aliphatic hydroxyl groups is 1. The molecule has 0 aliphatic carbocycles. The van der Waals surface area contributed by atoms with Crippen LogP contribution in [0.25, 0.3) is 10.9 Å². The molecule has 3 atom stereocenters. The lowest BCUT2D eigenvalue weighted by molar-refractivity contribution is -0.146. The number of aliphatic hydroxyl groups excluding tert-OH is 1. The van der Waals surface area contributed by atoms with Crippen LogP contribution in [0.5, 0.6) is 5.75 Å². The number of rotatable bonds is 10. The maximum absolute atomic E-state index is 14.7. The van der Waals surface area contributed by atoms with Gasteiger partial charge in [-0.1, -0.05) is 0 Å². The summed E-state index contributed by atoms with van der Waals surface area (Å²) >= 11 is 0.969. The molecule has 2 unspecified atom stereocenters. The van der Waals surface area contributed by atoms with E-state index in [1.54, 1.807) is 18.2 Å². The van der Waals surface area contributed by atoms with Crippen molar-refractivity contribution in [1.82, 2.24) is 9.88 Å². The summed E-state index contributed by atoms with van der Waals surface area (Å²) in [5.74, 6) is -4.93. The number of thioether (sulfide) groups is 1. The minimum Gasteiger partial charge on any atom is -0.497 e. The van der Waals surface area contributed by atoms with Gasteiger partial charge in [0.25, 0.3) is 0 Å². The average molecular weight is 553 g/mol. The highest BCUT2D eigenvalue weighted by Crippen LogP contribution is 2.35. The second-order valence-electron chi connectivity index (χ2n) is 9.34. The van der Waals surface area contributed by atoms with Gasteiger partial charge >= 0.3 is 5.97 Å². The summed E-state index contributed by atoms with van der Waals surface area (Å²) in [6.45, 7) is 1.24. The number of hydrogen-bond acceptors (Lipinski definition) is 6. The molecule has 2 aromatic carbocycles. The molecule has 38 heavy (non-hydrogen) atoms. The molecule has 1 aromatic heterocycles. The Morgan fingerprint density at radius 1 is 1.21 bits per heavy atom. The predicted molar refractivity (Wildman–Crippen MR) is 135 cm³/mol. The van der Waals surface area contributed by atoms with Crippen LogP contribution in [0.3, 0.4) is 0 Å². The van der Waals surface area contributed by atoms with Gasteiger partial charge < -0.3 is 19.8 Å². The van der Waals surface area contributed by atoms with E-state index in [1.807, 2.05) is 4.90 Å². The Kier molecular flexibility index (Phi) is 9.11. The van der Waals surface area contributed by atoms with Crippen LogP contribution in [0.15, 0.2) is 41.4 Å². The van der Waals surface area contributed by atoms with Crippen molar-refractivity contribution in [2.45, 2.75) is 30.3 Å². The number of carboxylic acids is 1. The zero-order valence-electron chi connectivity index (χ0n) is 20.7. The number of hydrogen-bond donors (Lipinski definition) is 2. The van der Waals surface area contributed by atoms with E-state index in [4.69, 9.17) is 4.74 Å². The summed E-state index contributed by atoms with van der Waals surface area (Å²) in [7, 11) is 1.49. The summed E-state index contributed by atoms with van der Waals surface area (Å²) in [5.41, 5.74) is 0.618. The van der Waals surface area contributed by atoms with Crippen LogP contribution in [0.1, 0.15) is 30.9 Å². The largest absolute Gasteiger partial charge is 0.497 e. The topological polar surface area (TPSA) is 82.9 Å². The van der Waals surface area contributed by atoms with Gasteiger partial charge in [-0.15, -0.1) is 11.8 Å². The molecule has 6 nitrogen and oxygen atoms in total. The van der Waals surface area contributed by atoms with Crippen molar-refractivity contribution in [3.63, 3.8) is 0 Å². The molecule has 1 saturated heterocycles. The van der Waals surface area contributed by atoms with Gasteiger partial charge in [0.1, 0.15) is 17.4 Å². The molecule has 204 valence electrons. The molecule has 0 saturated carbocycles. The second-order valence-corrected chi connectivity index (χ2v) is 10.5. The van der Waals surface area contributed by atoms with E-state index in [2.05, 4.69) is 4.98 Å².